The van der Waals surface area contributed by atoms with Gasteiger partial charge in [-0.2, -0.15) is 0 Å². The van der Waals surface area contributed by atoms with Crippen LogP contribution in [0.2, 0.25) is 0 Å². The van der Waals surface area contributed by atoms with Crippen molar-refractivity contribution >= 4 is 5.69 Å². The van der Waals surface area contributed by atoms with Crippen molar-refractivity contribution in [2.45, 2.75) is 6.42 Å². The third-order valence-electron chi connectivity index (χ3n) is 3.31. The van der Waals surface area contributed by atoms with Crippen molar-refractivity contribution in [1.82, 2.24) is 9.97 Å². The zero-order valence-electron chi connectivity index (χ0n) is 10.2. The lowest BCUT2D eigenvalue weighted by molar-refractivity contribution is 0.187. The molecule has 1 aliphatic heterocycles. The second-order valence-corrected chi connectivity index (χ2v) is 4.65. The molecule has 0 radical (unpaired) electrons. The highest BCUT2D eigenvalue weighted by atomic mass is 16.5. The molecule has 0 bridgehead atoms. The van der Waals surface area contributed by atoms with Gasteiger partial charge in [-0.05, 0) is 24.1 Å². The van der Waals surface area contributed by atoms with E-state index < -0.39 is 0 Å². The van der Waals surface area contributed by atoms with E-state index in [4.69, 9.17) is 4.74 Å². The first-order chi connectivity index (χ1) is 8.92. The van der Waals surface area contributed by atoms with E-state index >= 15 is 0 Å². The third kappa shape index (κ3) is 2.54. The fraction of sp³-hybridized carbons (Fsp3) is 0.357. The molecular formula is C14H17N3O. The highest BCUT2D eigenvalue weighted by Gasteiger charge is 2.14. The van der Waals surface area contributed by atoms with E-state index in [1.54, 1.807) is 6.33 Å². The summed E-state index contributed by atoms with van der Waals surface area (Å²) in [5.74, 6) is 0.650. The Morgan fingerprint density at radius 2 is 2.22 bits per heavy atom. The fourth-order valence-electron chi connectivity index (χ4n) is 2.19. The zero-order chi connectivity index (χ0) is 12.2. The van der Waals surface area contributed by atoms with Crippen molar-refractivity contribution < 1.29 is 4.74 Å². The number of H-pyrrole nitrogens is 1. The van der Waals surface area contributed by atoms with Gasteiger partial charge < -0.3 is 15.0 Å². The van der Waals surface area contributed by atoms with Gasteiger partial charge in [-0.25, -0.2) is 4.98 Å². The van der Waals surface area contributed by atoms with Gasteiger partial charge in [0.1, 0.15) is 0 Å². The average molecular weight is 243 g/mol. The summed E-state index contributed by atoms with van der Waals surface area (Å²) < 4.78 is 5.36. The molecule has 2 heterocycles. The molecule has 1 saturated heterocycles. The van der Waals surface area contributed by atoms with Crippen LogP contribution in [0.25, 0.3) is 11.3 Å². The monoisotopic (exact) mass is 243 g/mol. The van der Waals surface area contributed by atoms with Crippen LogP contribution in [0, 0.1) is 5.92 Å². The lowest BCUT2D eigenvalue weighted by atomic mass is 10.1. The van der Waals surface area contributed by atoms with Crippen molar-refractivity contribution in [3.05, 3.63) is 36.8 Å². The maximum Gasteiger partial charge on any atom is 0.0924 e. The van der Waals surface area contributed by atoms with Crippen LogP contribution in [-0.2, 0) is 4.74 Å². The number of aromatic amines is 1. The Morgan fingerprint density at radius 1 is 1.33 bits per heavy atom. The van der Waals surface area contributed by atoms with Gasteiger partial charge in [0.25, 0.3) is 0 Å². The predicted octanol–water partition coefficient (Wildman–Crippen LogP) is 2.53. The summed E-state index contributed by atoms with van der Waals surface area (Å²) in [5, 5.41) is 3.45. The first-order valence-corrected chi connectivity index (χ1v) is 6.32. The van der Waals surface area contributed by atoms with Crippen molar-refractivity contribution in [2.24, 2.45) is 5.92 Å². The second kappa shape index (κ2) is 5.23. The fourth-order valence-corrected chi connectivity index (χ4v) is 2.19. The quantitative estimate of drug-likeness (QED) is 0.867. The number of nitrogens with one attached hydrogen (secondary N) is 2. The van der Waals surface area contributed by atoms with Gasteiger partial charge in [-0.15, -0.1) is 0 Å². The summed E-state index contributed by atoms with van der Waals surface area (Å²) in [5.41, 5.74) is 3.36. The molecule has 0 aliphatic carbocycles. The van der Waals surface area contributed by atoms with Crippen molar-refractivity contribution in [1.29, 1.82) is 0 Å². The molecule has 1 fully saturated rings. The Hall–Kier alpha value is -1.81. The standard InChI is InChI=1S/C14H17N3O/c1-3-13(16-7-11-5-6-18-9-11)4-2-12(1)14-8-15-10-17-14/h1-4,8,10-11,16H,5-7,9H2,(H,15,17). The molecule has 3 rings (SSSR count). The smallest absolute Gasteiger partial charge is 0.0924 e. The number of hydrogen-bond acceptors (Lipinski definition) is 3. The van der Waals surface area contributed by atoms with E-state index in [9.17, 15) is 0 Å². The van der Waals surface area contributed by atoms with E-state index in [1.165, 1.54) is 6.42 Å². The third-order valence-corrected chi connectivity index (χ3v) is 3.31. The Kier molecular flexibility index (Phi) is 3.28. The van der Waals surface area contributed by atoms with Gasteiger partial charge in [0.2, 0.25) is 0 Å². The predicted molar refractivity (Wildman–Crippen MR) is 71.4 cm³/mol. The topological polar surface area (TPSA) is 49.9 Å². The zero-order valence-corrected chi connectivity index (χ0v) is 10.2. The summed E-state index contributed by atoms with van der Waals surface area (Å²) in [6, 6.07) is 8.40. The molecule has 0 spiro atoms. The molecule has 1 unspecified atom stereocenters. The number of ether oxygens (including phenoxy) is 1. The molecule has 0 saturated carbocycles. The minimum absolute atomic E-state index is 0.650. The number of imidazole rings is 1. The number of aromatic nitrogens is 2. The van der Waals surface area contributed by atoms with Crippen LogP contribution < -0.4 is 5.32 Å². The summed E-state index contributed by atoms with van der Waals surface area (Å²) in [7, 11) is 0. The van der Waals surface area contributed by atoms with Crippen molar-refractivity contribution in [3.63, 3.8) is 0 Å². The second-order valence-electron chi connectivity index (χ2n) is 4.65. The van der Waals surface area contributed by atoms with Gasteiger partial charge in [0.15, 0.2) is 0 Å². The Balaban J connectivity index is 1.60. The van der Waals surface area contributed by atoms with Crippen LogP contribution in [0.3, 0.4) is 0 Å². The van der Waals surface area contributed by atoms with Crippen LogP contribution in [0.4, 0.5) is 5.69 Å². The lowest BCUT2D eigenvalue weighted by Crippen LogP contribution is -2.13. The van der Waals surface area contributed by atoms with Crippen LogP contribution >= 0.6 is 0 Å². The molecule has 18 heavy (non-hydrogen) atoms. The number of rotatable bonds is 4. The summed E-state index contributed by atoms with van der Waals surface area (Å²) in [6.45, 7) is 2.79. The molecule has 4 heteroatoms. The van der Waals surface area contributed by atoms with E-state index in [-0.39, 0.29) is 0 Å². The summed E-state index contributed by atoms with van der Waals surface area (Å²) >= 11 is 0. The number of hydrogen-bond donors (Lipinski definition) is 2. The largest absolute Gasteiger partial charge is 0.385 e. The highest BCUT2D eigenvalue weighted by molar-refractivity contribution is 5.61. The number of nitrogens with zero attached hydrogens (tertiary/aromatic N) is 1. The van der Waals surface area contributed by atoms with Crippen molar-refractivity contribution in [3.8, 4) is 11.3 Å². The maximum atomic E-state index is 5.36. The van der Waals surface area contributed by atoms with Crippen molar-refractivity contribution in [2.75, 3.05) is 25.1 Å². The van der Waals surface area contributed by atoms with Crippen LogP contribution in [0.1, 0.15) is 6.42 Å². The first-order valence-electron chi connectivity index (χ1n) is 6.32. The molecule has 1 aliphatic rings. The van der Waals surface area contributed by atoms with Gasteiger partial charge in [0, 0.05) is 24.8 Å². The van der Waals surface area contributed by atoms with Crippen LogP contribution in [0.5, 0.6) is 0 Å². The van der Waals surface area contributed by atoms with Gasteiger partial charge >= 0.3 is 0 Å². The minimum atomic E-state index is 0.650. The molecule has 2 aromatic rings. The highest BCUT2D eigenvalue weighted by Crippen LogP contribution is 2.19. The lowest BCUT2D eigenvalue weighted by Gasteiger charge is -2.10. The van der Waals surface area contributed by atoms with E-state index in [1.807, 2.05) is 6.20 Å². The molecule has 1 aromatic heterocycles. The molecule has 1 atom stereocenters. The molecule has 0 amide bonds. The van der Waals surface area contributed by atoms with Gasteiger partial charge in [0.05, 0.1) is 24.8 Å². The molecule has 1 aromatic carbocycles. The Labute approximate surface area is 106 Å². The molecule has 4 nitrogen and oxygen atoms in total. The van der Waals surface area contributed by atoms with Crippen LogP contribution in [0.15, 0.2) is 36.8 Å². The summed E-state index contributed by atoms with van der Waals surface area (Å²) in [6.07, 6.45) is 4.69. The van der Waals surface area contributed by atoms with E-state index in [2.05, 4.69) is 39.6 Å². The SMILES string of the molecule is c1ncc(-c2ccc(NCC3CCOC3)cc2)[nH]1. The normalized spacial score (nSPS) is 19.0. The first kappa shape index (κ1) is 11.3. The number of benzene rings is 1. The molecule has 2 N–H and O–H groups in total. The molecular weight excluding hydrogens is 226 g/mol. The average Bonchev–Trinajstić information content (AvgIpc) is 3.10. The maximum absolute atomic E-state index is 5.36. The van der Waals surface area contributed by atoms with Gasteiger partial charge in [-0.1, -0.05) is 12.1 Å². The Morgan fingerprint density at radius 3 is 2.89 bits per heavy atom. The van der Waals surface area contributed by atoms with Gasteiger partial charge in [-0.3, -0.25) is 0 Å². The van der Waals surface area contributed by atoms with E-state index in [0.29, 0.717) is 5.92 Å². The molecule has 94 valence electrons. The van der Waals surface area contributed by atoms with E-state index in [0.717, 1.165) is 36.7 Å². The number of anilines is 1. The summed E-state index contributed by atoms with van der Waals surface area (Å²) in [4.78, 5) is 7.13. The van der Waals surface area contributed by atoms with Crippen LogP contribution in [-0.4, -0.2) is 29.7 Å². The Bertz CT molecular complexity index is 472. The minimum Gasteiger partial charge on any atom is -0.385 e.